The molecule has 98 valence electrons. The van der Waals surface area contributed by atoms with Crippen LogP contribution in [-0.4, -0.2) is 18.0 Å². The molecule has 0 saturated carbocycles. The van der Waals surface area contributed by atoms with Crippen molar-refractivity contribution in [2.24, 2.45) is 10.9 Å². The van der Waals surface area contributed by atoms with Crippen LogP contribution in [0, 0.1) is 17.8 Å². The lowest BCUT2D eigenvalue weighted by molar-refractivity contribution is 0.246. The third-order valence-electron chi connectivity index (χ3n) is 2.66. The predicted octanol–water partition coefficient (Wildman–Crippen LogP) is 1.74. The molecule has 0 radical (unpaired) electrons. The van der Waals surface area contributed by atoms with Crippen LogP contribution in [-0.2, 0) is 6.61 Å². The Labute approximate surface area is 110 Å². The molecule has 19 heavy (non-hydrogen) atoms. The number of aliphatic hydroxyl groups is 1. The second-order valence-corrected chi connectivity index (χ2v) is 3.92. The van der Waals surface area contributed by atoms with Crippen LogP contribution in [0.2, 0.25) is 0 Å². The van der Waals surface area contributed by atoms with Crippen LogP contribution >= 0.6 is 0 Å². The van der Waals surface area contributed by atoms with Gasteiger partial charge in [-0.1, -0.05) is 0 Å². The molecule has 1 aliphatic rings. The monoisotopic (exact) mass is 260 g/mol. The molecule has 0 aliphatic carbocycles. The highest BCUT2D eigenvalue weighted by molar-refractivity contribution is 5.40. The Bertz CT molecular complexity index is 578. The van der Waals surface area contributed by atoms with Gasteiger partial charge < -0.3 is 14.8 Å². The molecular formula is C14H13FN2O2. The van der Waals surface area contributed by atoms with Crippen LogP contribution in [0.1, 0.15) is 11.5 Å². The lowest BCUT2D eigenvalue weighted by Gasteiger charge is -2.10. The van der Waals surface area contributed by atoms with Crippen molar-refractivity contribution in [2.45, 2.75) is 12.8 Å². The van der Waals surface area contributed by atoms with Gasteiger partial charge in [-0.3, -0.25) is 4.99 Å². The van der Waals surface area contributed by atoms with Crippen molar-refractivity contribution < 1.29 is 13.9 Å². The summed E-state index contributed by atoms with van der Waals surface area (Å²) in [5.41, 5.74) is 0.641. The molecule has 0 aromatic carbocycles. The van der Waals surface area contributed by atoms with Crippen molar-refractivity contribution in [1.82, 2.24) is 5.32 Å². The fourth-order valence-electron chi connectivity index (χ4n) is 1.74. The average Bonchev–Trinajstić information content (AvgIpc) is 3.03. The zero-order valence-electron chi connectivity index (χ0n) is 10.1. The van der Waals surface area contributed by atoms with Crippen molar-refractivity contribution in [2.75, 3.05) is 0 Å². The molecule has 2 N–H and O–H groups in total. The van der Waals surface area contributed by atoms with Crippen molar-refractivity contribution >= 4 is 6.72 Å². The summed E-state index contributed by atoms with van der Waals surface area (Å²) in [5, 5.41) is 11.9. The first-order valence-electron chi connectivity index (χ1n) is 5.69. The molecule has 5 heteroatoms. The first-order valence-corrected chi connectivity index (χ1v) is 5.69. The summed E-state index contributed by atoms with van der Waals surface area (Å²) in [6.45, 7) is 3.29. The van der Waals surface area contributed by atoms with Gasteiger partial charge >= 0.3 is 0 Å². The molecule has 4 nitrogen and oxygen atoms in total. The molecular weight excluding hydrogens is 247 g/mol. The highest BCUT2D eigenvalue weighted by Gasteiger charge is 2.22. The van der Waals surface area contributed by atoms with E-state index in [2.05, 4.69) is 28.9 Å². The van der Waals surface area contributed by atoms with E-state index >= 15 is 0 Å². The number of halogens is 1. The normalized spacial score (nSPS) is 21.7. The minimum atomic E-state index is -0.305. The number of aliphatic hydroxyl groups excluding tert-OH is 1. The number of aliphatic imine (C=N–C) groups is 1. The standard InChI is InChI=1S/C14H13FN2O2/c1-16-14-10(6-7-15)8-11(17-14)2-3-12-4-5-13(9-18)19-12/h4-8,10,14,17-18H,1,9H2/b7-6+. The Morgan fingerprint density at radius 3 is 3.00 bits per heavy atom. The van der Waals surface area contributed by atoms with Crippen molar-refractivity contribution in [3.8, 4) is 11.8 Å². The van der Waals surface area contributed by atoms with E-state index in [4.69, 9.17) is 9.52 Å². The van der Waals surface area contributed by atoms with Gasteiger partial charge in [0.25, 0.3) is 0 Å². The van der Waals surface area contributed by atoms with E-state index < -0.39 is 0 Å². The molecule has 0 amide bonds. The maximum Gasteiger partial charge on any atom is 0.177 e. The van der Waals surface area contributed by atoms with Crippen LogP contribution < -0.4 is 5.32 Å². The summed E-state index contributed by atoms with van der Waals surface area (Å²) < 4.78 is 17.4. The third-order valence-corrected chi connectivity index (χ3v) is 2.66. The van der Waals surface area contributed by atoms with E-state index in [1.54, 1.807) is 18.2 Å². The van der Waals surface area contributed by atoms with Gasteiger partial charge in [-0.15, -0.1) is 0 Å². The molecule has 1 aliphatic heterocycles. The van der Waals surface area contributed by atoms with Crippen LogP contribution in [0.5, 0.6) is 0 Å². The van der Waals surface area contributed by atoms with E-state index in [0.717, 1.165) is 0 Å². The second-order valence-electron chi connectivity index (χ2n) is 3.92. The number of hydrogen-bond donors (Lipinski definition) is 2. The fourth-order valence-corrected chi connectivity index (χ4v) is 1.74. The van der Waals surface area contributed by atoms with Gasteiger partial charge in [0.1, 0.15) is 18.5 Å². The van der Waals surface area contributed by atoms with Gasteiger partial charge in [0, 0.05) is 5.92 Å². The molecule has 1 aromatic rings. The Morgan fingerprint density at radius 1 is 1.53 bits per heavy atom. The van der Waals surface area contributed by atoms with E-state index in [9.17, 15) is 4.39 Å². The average molecular weight is 260 g/mol. The molecule has 2 rings (SSSR count). The number of nitrogens with zero attached hydrogens (tertiary/aromatic N) is 1. The quantitative estimate of drug-likeness (QED) is 0.643. The largest absolute Gasteiger partial charge is 0.450 e. The van der Waals surface area contributed by atoms with Gasteiger partial charge in [-0.2, -0.15) is 0 Å². The van der Waals surface area contributed by atoms with Gasteiger partial charge in [-0.25, -0.2) is 4.39 Å². The zero-order valence-corrected chi connectivity index (χ0v) is 10.1. The van der Waals surface area contributed by atoms with Crippen LogP contribution in [0.25, 0.3) is 0 Å². The van der Waals surface area contributed by atoms with E-state index in [1.165, 1.54) is 6.08 Å². The smallest absolute Gasteiger partial charge is 0.177 e. The van der Waals surface area contributed by atoms with Crippen molar-refractivity contribution in [3.05, 3.63) is 47.8 Å². The first-order chi connectivity index (χ1) is 9.26. The lowest BCUT2D eigenvalue weighted by atomic mass is 10.1. The van der Waals surface area contributed by atoms with Crippen LogP contribution in [0.15, 0.2) is 45.7 Å². The lowest BCUT2D eigenvalue weighted by Crippen LogP contribution is -2.24. The van der Waals surface area contributed by atoms with Crippen LogP contribution in [0.4, 0.5) is 4.39 Å². The van der Waals surface area contributed by atoms with Crippen LogP contribution in [0.3, 0.4) is 0 Å². The fraction of sp³-hybridized carbons (Fsp3) is 0.214. The highest BCUT2D eigenvalue weighted by atomic mass is 19.1. The zero-order chi connectivity index (χ0) is 13.7. The molecule has 2 unspecified atom stereocenters. The molecule has 0 spiro atoms. The summed E-state index contributed by atoms with van der Waals surface area (Å²) >= 11 is 0. The maximum atomic E-state index is 12.2. The Kier molecular flexibility index (Phi) is 4.16. The van der Waals surface area contributed by atoms with Crippen molar-refractivity contribution in [3.63, 3.8) is 0 Å². The molecule has 1 aromatic heterocycles. The van der Waals surface area contributed by atoms with E-state index in [-0.39, 0.29) is 18.7 Å². The van der Waals surface area contributed by atoms with Gasteiger partial charge in [0.15, 0.2) is 5.76 Å². The summed E-state index contributed by atoms with van der Waals surface area (Å²) in [5.74, 6) is 6.40. The summed E-state index contributed by atoms with van der Waals surface area (Å²) in [7, 11) is 0. The molecule has 2 heterocycles. The third kappa shape index (κ3) is 3.12. The first kappa shape index (κ1) is 13.1. The minimum Gasteiger partial charge on any atom is -0.450 e. The number of hydrogen-bond acceptors (Lipinski definition) is 4. The van der Waals surface area contributed by atoms with E-state index in [0.29, 0.717) is 23.5 Å². The Hall–Kier alpha value is -2.32. The van der Waals surface area contributed by atoms with Gasteiger partial charge in [0.2, 0.25) is 0 Å². The molecule has 0 bridgehead atoms. The minimum absolute atomic E-state index is 0.158. The molecule has 2 atom stereocenters. The van der Waals surface area contributed by atoms with E-state index in [1.807, 2.05) is 0 Å². The number of allylic oxidation sites excluding steroid dienone is 1. The second kappa shape index (κ2) is 6.03. The summed E-state index contributed by atoms with van der Waals surface area (Å²) in [6.07, 6.45) is 3.34. The summed E-state index contributed by atoms with van der Waals surface area (Å²) in [4.78, 5) is 3.85. The predicted molar refractivity (Wildman–Crippen MR) is 69.8 cm³/mol. The number of furan rings is 1. The Morgan fingerprint density at radius 2 is 2.37 bits per heavy atom. The molecule has 0 saturated heterocycles. The number of rotatable bonds is 3. The number of nitrogens with one attached hydrogen (secondary N) is 1. The SMILES string of the molecule is C=NC1NC(C#Cc2ccc(CO)o2)=CC1/C=C/F. The molecule has 0 fully saturated rings. The summed E-state index contributed by atoms with van der Waals surface area (Å²) in [6, 6.07) is 3.33. The maximum absolute atomic E-state index is 12.2. The van der Waals surface area contributed by atoms with Gasteiger partial charge in [-0.05, 0) is 42.8 Å². The van der Waals surface area contributed by atoms with Gasteiger partial charge in [0.05, 0.1) is 12.0 Å². The Balaban J connectivity index is 2.11. The van der Waals surface area contributed by atoms with Crippen molar-refractivity contribution in [1.29, 1.82) is 0 Å². The topological polar surface area (TPSA) is 57.8 Å². The highest BCUT2D eigenvalue weighted by Crippen LogP contribution is 2.19.